The highest BCUT2D eigenvalue weighted by Crippen LogP contribution is 2.27. The molecule has 2 nitrogen and oxygen atoms in total. The van der Waals surface area contributed by atoms with Gasteiger partial charge in [-0.2, -0.15) is 0 Å². The lowest BCUT2D eigenvalue weighted by molar-refractivity contribution is 0.620. The predicted octanol–water partition coefficient (Wildman–Crippen LogP) is 5.44. The number of nitrogens with zero attached hydrogens (tertiary/aromatic N) is 1. The van der Waals surface area contributed by atoms with Crippen LogP contribution in [0.25, 0.3) is 16.7 Å². The maximum Gasteiger partial charge on any atom is 0.182 e. The molecule has 1 aromatic heterocycles. The molecule has 0 bridgehead atoms. The monoisotopic (exact) mass is 326 g/mol. The topological polar surface area (TPSA) is 20.7 Å². The van der Waals surface area contributed by atoms with E-state index >= 15 is 0 Å². The van der Waals surface area contributed by atoms with Crippen molar-refractivity contribution in [2.24, 2.45) is 0 Å². The van der Waals surface area contributed by atoms with Crippen molar-refractivity contribution >= 4 is 46.5 Å². The van der Waals surface area contributed by atoms with Gasteiger partial charge in [0.1, 0.15) is 5.82 Å². The van der Waals surface area contributed by atoms with Crippen LogP contribution in [0.15, 0.2) is 30.3 Å². The van der Waals surface area contributed by atoms with Gasteiger partial charge in [-0.05, 0) is 55.0 Å². The lowest BCUT2D eigenvalue weighted by Crippen LogP contribution is -1.94. The maximum atomic E-state index is 13.6. The number of aromatic amines is 1. The first-order chi connectivity index (χ1) is 9.47. The number of aryl methyl sites for hydroxylation is 1. The van der Waals surface area contributed by atoms with Gasteiger partial charge in [0, 0.05) is 0 Å². The predicted molar refractivity (Wildman–Crippen MR) is 83.2 cm³/mol. The molecule has 6 heteroatoms. The Balaban J connectivity index is 2.35. The minimum absolute atomic E-state index is 0.268. The molecule has 0 saturated heterocycles. The molecule has 3 rings (SSSR count). The molecule has 0 aliphatic carbocycles. The number of rotatable bonds is 1. The molecule has 1 N–H and O–H groups in total. The average Bonchev–Trinajstić information content (AvgIpc) is 2.69. The summed E-state index contributed by atoms with van der Waals surface area (Å²) in [5.74, 6) is -0.268. The van der Waals surface area contributed by atoms with Gasteiger partial charge in [0.15, 0.2) is 4.77 Å². The molecule has 0 aliphatic heterocycles. The minimum Gasteiger partial charge on any atom is -0.330 e. The zero-order valence-corrected chi connectivity index (χ0v) is 12.7. The molecule has 0 amide bonds. The summed E-state index contributed by atoms with van der Waals surface area (Å²) >= 11 is 17.3. The first kappa shape index (κ1) is 13.6. The van der Waals surface area contributed by atoms with Gasteiger partial charge in [-0.15, -0.1) is 0 Å². The van der Waals surface area contributed by atoms with Crippen LogP contribution >= 0.6 is 35.4 Å². The summed E-state index contributed by atoms with van der Waals surface area (Å²) in [6.07, 6.45) is 0. The van der Waals surface area contributed by atoms with Crippen LogP contribution in [0.5, 0.6) is 0 Å². The number of H-pyrrole nitrogens is 1. The van der Waals surface area contributed by atoms with Crippen molar-refractivity contribution in [3.8, 4) is 5.69 Å². The number of nitrogens with one attached hydrogen (secondary N) is 1. The van der Waals surface area contributed by atoms with Crippen LogP contribution in [0.4, 0.5) is 4.39 Å². The van der Waals surface area contributed by atoms with Gasteiger partial charge < -0.3 is 4.98 Å². The Morgan fingerprint density at radius 2 is 1.90 bits per heavy atom. The zero-order valence-electron chi connectivity index (χ0n) is 10.4. The lowest BCUT2D eigenvalue weighted by atomic mass is 10.2. The number of fused-ring (bicyclic) bond motifs is 1. The highest BCUT2D eigenvalue weighted by Gasteiger charge is 2.10. The molecule has 0 unspecified atom stereocenters. The van der Waals surface area contributed by atoms with E-state index in [2.05, 4.69) is 4.98 Å². The Kier molecular flexibility index (Phi) is 3.32. The third kappa shape index (κ3) is 2.14. The number of benzene rings is 2. The fourth-order valence-corrected chi connectivity index (χ4v) is 2.72. The van der Waals surface area contributed by atoms with Crippen molar-refractivity contribution in [3.05, 3.63) is 56.5 Å². The summed E-state index contributed by atoms with van der Waals surface area (Å²) in [4.78, 5) is 2.99. The van der Waals surface area contributed by atoms with Crippen LogP contribution in [-0.2, 0) is 0 Å². The zero-order chi connectivity index (χ0) is 14.4. The number of halogens is 3. The summed E-state index contributed by atoms with van der Waals surface area (Å²) in [6, 6.07) is 8.44. The van der Waals surface area contributed by atoms with E-state index in [1.807, 2.05) is 6.07 Å². The first-order valence-corrected chi connectivity index (χ1v) is 7.00. The highest BCUT2D eigenvalue weighted by molar-refractivity contribution is 7.71. The minimum atomic E-state index is -0.268. The summed E-state index contributed by atoms with van der Waals surface area (Å²) < 4.78 is 15.9. The summed E-state index contributed by atoms with van der Waals surface area (Å²) in [5.41, 5.74) is 2.78. The summed E-state index contributed by atoms with van der Waals surface area (Å²) in [6.45, 7) is 1.71. The Morgan fingerprint density at radius 3 is 2.60 bits per heavy atom. The van der Waals surface area contributed by atoms with E-state index in [0.29, 0.717) is 25.9 Å². The Labute approximate surface area is 129 Å². The number of imidazole rings is 1. The van der Waals surface area contributed by atoms with Crippen molar-refractivity contribution in [1.82, 2.24) is 9.55 Å². The second kappa shape index (κ2) is 4.88. The van der Waals surface area contributed by atoms with Gasteiger partial charge in [-0.1, -0.05) is 23.2 Å². The average molecular weight is 327 g/mol. The van der Waals surface area contributed by atoms with E-state index in [1.165, 1.54) is 6.07 Å². The second-order valence-electron chi connectivity index (χ2n) is 4.48. The lowest BCUT2D eigenvalue weighted by Gasteiger charge is -2.07. The third-order valence-electron chi connectivity index (χ3n) is 3.12. The van der Waals surface area contributed by atoms with E-state index in [0.717, 1.165) is 11.2 Å². The Hall–Kier alpha value is -1.36. The molecule has 20 heavy (non-hydrogen) atoms. The number of hydrogen-bond donors (Lipinski definition) is 1. The van der Waals surface area contributed by atoms with Gasteiger partial charge >= 0.3 is 0 Å². The Bertz CT molecular complexity index is 883. The molecule has 102 valence electrons. The molecule has 0 atom stereocenters. The first-order valence-electron chi connectivity index (χ1n) is 5.83. The van der Waals surface area contributed by atoms with E-state index in [-0.39, 0.29) is 5.82 Å². The summed E-state index contributed by atoms with van der Waals surface area (Å²) in [7, 11) is 0. The van der Waals surface area contributed by atoms with E-state index in [1.54, 1.807) is 29.7 Å². The largest absolute Gasteiger partial charge is 0.330 e. The van der Waals surface area contributed by atoms with Gasteiger partial charge in [-0.25, -0.2) is 4.39 Å². The van der Waals surface area contributed by atoms with E-state index in [4.69, 9.17) is 35.4 Å². The van der Waals surface area contributed by atoms with Gasteiger partial charge in [0.25, 0.3) is 0 Å². The SMILES string of the molecule is Cc1cc2c(cc1F)[nH]c(=S)n2-c1ccc(Cl)c(Cl)c1. The molecular formula is C14H9Cl2FN2S. The van der Waals surface area contributed by atoms with Crippen LogP contribution < -0.4 is 0 Å². The van der Waals surface area contributed by atoms with Crippen LogP contribution in [0.1, 0.15) is 5.56 Å². The molecule has 0 saturated carbocycles. The van der Waals surface area contributed by atoms with Crippen molar-refractivity contribution in [2.75, 3.05) is 0 Å². The van der Waals surface area contributed by atoms with Crippen molar-refractivity contribution in [1.29, 1.82) is 0 Å². The maximum absolute atomic E-state index is 13.6. The fraction of sp³-hybridized carbons (Fsp3) is 0.0714. The molecule has 1 heterocycles. The molecule has 0 radical (unpaired) electrons. The summed E-state index contributed by atoms with van der Waals surface area (Å²) in [5, 5.41) is 0.920. The quantitative estimate of drug-likeness (QED) is 0.590. The van der Waals surface area contributed by atoms with Crippen LogP contribution in [0, 0.1) is 17.5 Å². The second-order valence-corrected chi connectivity index (χ2v) is 5.68. The fourth-order valence-electron chi connectivity index (χ4n) is 2.11. The molecular weight excluding hydrogens is 318 g/mol. The molecule has 3 aromatic rings. The third-order valence-corrected chi connectivity index (χ3v) is 4.15. The normalized spacial score (nSPS) is 11.2. The number of hydrogen-bond acceptors (Lipinski definition) is 1. The molecule has 0 fully saturated rings. The highest BCUT2D eigenvalue weighted by atomic mass is 35.5. The van der Waals surface area contributed by atoms with Gasteiger partial charge in [-0.3, -0.25) is 4.57 Å². The van der Waals surface area contributed by atoms with Crippen LogP contribution in [-0.4, -0.2) is 9.55 Å². The molecule has 0 aliphatic rings. The van der Waals surface area contributed by atoms with Crippen molar-refractivity contribution < 1.29 is 4.39 Å². The van der Waals surface area contributed by atoms with Crippen LogP contribution in [0.3, 0.4) is 0 Å². The smallest absolute Gasteiger partial charge is 0.182 e. The Morgan fingerprint density at radius 1 is 1.15 bits per heavy atom. The molecule has 2 aromatic carbocycles. The molecule has 0 spiro atoms. The van der Waals surface area contributed by atoms with Crippen LogP contribution in [0.2, 0.25) is 10.0 Å². The van der Waals surface area contributed by atoms with E-state index < -0.39 is 0 Å². The standard InChI is InChI=1S/C14H9Cl2FN2S/c1-7-4-13-12(6-11(7)17)18-14(20)19(13)8-2-3-9(15)10(16)5-8/h2-6H,1H3,(H,18,20). The van der Waals surface area contributed by atoms with Gasteiger partial charge in [0.05, 0.1) is 26.8 Å². The van der Waals surface area contributed by atoms with Crippen molar-refractivity contribution in [3.63, 3.8) is 0 Å². The van der Waals surface area contributed by atoms with E-state index in [9.17, 15) is 4.39 Å². The van der Waals surface area contributed by atoms with Gasteiger partial charge in [0.2, 0.25) is 0 Å². The van der Waals surface area contributed by atoms with Crippen molar-refractivity contribution in [2.45, 2.75) is 6.92 Å². The number of aromatic nitrogens is 2.